The van der Waals surface area contributed by atoms with Crippen molar-refractivity contribution in [3.05, 3.63) is 35.4 Å². The summed E-state index contributed by atoms with van der Waals surface area (Å²) in [6.45, 7) is 0. The van der Waals surface area contributed by atoms with Crippen LogP contribution in [0.3, 0.4) is 0 Å². The molecule has 0 saturated heterocycles. The smallest absolute Gasteiger partial charge is 0.335 e. The van der Waals surface area contributed by atoms with E-state index in [-0.39, 0.29) is 11.5 Å². The van der Waals surface area contributed by atoms with Crippen molar-refractivity contribution >= 4 is 5.97 Å². The highest BCUT2D eigenvalue weighted by molar-refractivity contribution is 5.87. The van der Waals surface area contributed by atoms with Crippen LogP contribution in [0.4, 0.5) is 0 Å². The molecule has 2 atom stereocenters. The first kappa shape index (κ1) is 13.1. The predicted molar refractivity (Wildman–Crippen MR) is 68.3 cm³/mol. The number of hydrogen-bond donors (Lipinski definition) is 3. The van der Waals surface area contributed by atoms with Crippen molar-refractivity contribution < 1.29 is 15.0 Å². The first-order valence-corrected chi connectivity index (χ1v) is 6.36. The second-order valence-corrected chi connectivity index (χ2v) is 4.99. The van der Waals surface area contributed by atoms with Crippen LogP contribution in [-0.4, -0.2) is 22.3 Å². The quantitative estimate of drug-likeness (QED) is 0.761. The Kier molecular flexibility index (Phi) is 3.99. The van der Waals surface area contributed by atoms with Crippen LogP contribution in [0.2, 0.25) is 0 Å². The molecule has 0 heterocycles. The van der Waals surface area contributed by atoms with E-state index in [1.165, 1.54) is 12.1 Å². The topological polar surface area (TPSA) is 83.6 Å². The fourth-order valence-corrected chi connectivity index (χ4v) is 2.64. The summed E-state index contributed by atoms with van der Waals surface area (Å²) in [5.74, 6) is -0.675. The van der Waals surface area contributed by atoms with E-state index in [1.54, 1.807) is 12.1 Å². The highest BCUT2D eigenvalue weighted by Gasteiger charge is 2.28. The van der Waals surface area contributed by atoms with E-state index in [9.17, 15) is 9.90 Å². The number of carboxylic acids is 1. The summed E-state index contributed by atoms with van der Waals surface area (Å²) in [5, 5.41) is 19.0. The highest BCUT2D eigenvalue weighted by atomic mass is 16.4. The van der Waals surface area contributed by atoms with Crippen molar-refractivity contribution in [3.8, 4) is 0 Å². The molecule has 4 nitrogen and oxygen atoms in total. The molecule has 0 bridgehead atoms. The summed E-state index contributed by atoms with van der Waals surface area (Å²) < 4.78 is 0. The van der Waals surface area contributed by atoms with Gasteiger partial charge in [-0.1, -0.05) is 25.0 Å². The monoisotopic (exact) mass is 249 g/mol. The molecule has 4 N–H and O–H groups in total. The number of aromatic carboxylic acids is 1. The molecule has 4 heteroatoms. The lowest BCUT2D eigenvalue weighted by Gasteiger charge is -2.24. The Bertz CT molecular complexity index is 410. The Morgan fingerprint density at radius 3 is 2.28 bits per heavy atom. The molecule has 0 amide bonds. The molecule has 1 saturated carbocycles. The van der Waals surface area contributed by atoms with Gasteiger partial charge in [-0.3, -0.25) is 0 Å². The Morgan fingerprint density at radius 1 is 1.22 bits per heavy atom. The van der Waals surface area contributed by atoms with Gasteiger partial charge in [0.05, 0.1) is 17.7 Å². The Morgan fingerprint density at radius 2 is 1.78 bits per heavy atom. The van der Waals surface area contributed by atoms with E-state index in [1.807, 2.05) is 0 Å². The van der Waals surface area contributed by atoms with Gasteiger partial charge in [0.15, 0.2) is 0 Å². The van der Waals surface area contributed by atoms with E-state index in [0.717, 1.165) is 31.2 Å². The average molecular weight is 249 g/mol. The fourth-order valence-electron chi connectivity index (χ4n) is 2.64. The van der Waals surface area contributed by atoms with Crippen molar-refractivity contribution in [2.45, 2.75) is 37.8 Å². The van der Waals surface area contributed by atoms with Crippen LogP contribution in [0, 0.1) is 5.92 Å². The number of aliphatic hydroxyl groups is 1. The molecule has 1 aliphatic carbocycles. The third-order valence-corrected chi connectivity index (χ3v) is 3.79. The third-order valence-electron chi connectivity index (χ3n) is 3.79. The number of aliphatic hydroxyl groups excluding tert-OH is 1. The van der Waals surface area contributed by atoms with Crippen molar-refractivity contribution in [2.24, 2.45) is 11.7 Å². The van der Waals surface area contributed by atoms with Gasteiger partial charge >= 0.3 is 5.97 Å². The number of rotatable bonds is 4. The summed E-state index contributed by atoms with van der Waals surface area (Å²) in [5.41, 5.74) is 7.08. The van der Waals surface area contributed by atoms with Crippen LogP contribution >= 0.6 is 0 Å². The van der Waals surface area contributed by atoms with Gasteiger partial charge in [-0.2, -0.15) is 0 Å². The third kappa shape index (κ3) is 2.71. The molecule has 0 spiro atoms. The standard InChI is InChI=1S/C14H19NO3/c15-12(13(16)10-3-1-2-4-10)9-5-7-11(8-6-9)14(17)18/h5-8,10,12-13,16H,1-4,15H2,(H,17,18)/t12-,13+/m1/s1. The molecule has 98 valence electrons. The van der Waals surface area contributed by atoms with E-state index in [4.69, 9.17) is 10.8 Å². The number of benzene rings is 1. The van der Waals surface area contributed by atoms with Gasteiger partial charge in [0, 0.05) is 0 Å². The number of nitrogens with two attached hydrogens (primary N) is 1. The van der Waals surface area contributed by atoms with Crippen molar-refractivity contribution in [1.82, 2.24) is 0 Å². The fraction of sp³-hybridized carbons (Fsp3) is 0.500. The molecule has 0 radical (unpaired) electrons. The predicted octanol–water partition coefficient (Wildman–Crippen LogP) is 1.94. The molecule has 0 unspecified atom stereocenters. The summed E-state index contributed by atoms with van der Waals surface area (Å²) in [6.07, 6.45) is 3.84. The highest BCUT2D eigenvalue weighted by Crippen LogP contribution is 2.32. The SMILES string of the molecule is N[C@H](c1ccc(C(=O)O)cc1)[C@@H](O)C1CCCC1. The lowest BCUT2D eigenvalue weighted by Crippen LogP contribution is -2.31. The molecular weight excluding hydrogens is 230 g/mol. The summed E-state index contributed by atoms with van der Waals surface area (Å²) in [4.78, 5) is 10.7. The zero-order chi connectivity index (χ0) is 13.1. The van der Waals surface area contributed by atoms with E-state index in [2.05, 4.69) is 0 Å². The first-order chi connectivity index (χ1) is 8.59. The van der Waals surface area contributed by atoms with Crippen LogP contribution in [-0.2, 0) is 0 Å². The van der Waals surface area contributed by atoms with Gasteiger partial charge < -0.3 is 15.9 Å². The van der Waals surface area contributed by atoms with E-state index >= 15 is 0 Å². The number of carbonyl (C=O) groups is 1. The minimum atomic E-state index is -0.952. The Hall–Kier alpha value is -1.39. The number of carboxylic acid groups (broad SMARTS) is 1. The van der Waals surface area contributed by atoms with Crippen molar-refractivity contribution in [3.63, 3.8) is 0 Å². The van der Waals surface area contributed by atoms with Crippen LogP contribution in [0.25, 0.3) is 0 Å². The maximum atomic E-state index is 10.7. The maximum Gasteiger partial charge on any atom is 0.335 e. The molecular formula is C14H19NO3. The molecule has 0 aliphatic heterocycles. The normalized spacial score (nSPS) is 19.7. The van der Waals surface area contributed by atoms with E-state index in [0.29, 0.717) is 0 Å². The van der Waals surface area contributed by atoms with Gasteiger partial charge in [-0.15, -0.1) is 0 Å². The lowest BCUT2D eigenvalue weighted by atomic mass is 9.90. The minimum absolute atomic E-state index is 0.237. The van der Waals surface area contributed by atoms with Crippen molar-refractivity contribution in [1.29, 1.82) is 0 Å². The number of hydrogen-bond acceptors (Lipinski definition) is 3. The maximum absolute atomic E-state index is 10.7. The molecule has 0 aromatic heterocycles. The summed E-state index contributed by atoms with van der Waals surface area (Å²) >= 11 is 0. The Balaban J connectivity index is 2.07. The summed E-state index contributed by atoms with van der Waals surface area (Å²) in [7, 11) is 0. The molecule has 1 aromatic carbocycles. The molecule has 1 aliphatic rings. The first-order valence-electron chi connectivity index (χ1n) is 6.36. The Labute approximate surface area is 106 Å². The molecule has 1 fully saturated rings. The average Bonchev–Trinajstić information content (AvgIpc) is 2.91. The molecule has 18 heavy (non-hydrogen) atoms. The van der Waals surface area contributed by atoms with Crippen LogP contribution in [0.15, 0.2) is 24.3 Å². The molecule has 1 aromatic rings. The zero-order valence-corrected chi connectivity index (χ0v) is 10.2. The lowest BCUT2D eigenvalue weighted by molar-refractivity contribution is 0.0697. The van der Waals surface area contributed by atoms with Crippen LogP contribution in [0.1, 0.15) is 47.6 Å². The van der Waals surface area contributed by atoms with Gasteiger partial charge in [-0.05, 0) is 36.5 Å². The largest absolute Gasteiger partial charge is 0.478 e. The second kappa shape index (κ2) is 5.50. The molecule has 2 rings (SSSR count). The van der Waals surface area contributed by atoms with Gasteiger partial charge in [0.1, 0.15) is 0 Å². The van der Waals surface area contributed by atoms with E-state index < -0.39 is 18.1 Å². The minimum Gasteiger partial charge on any atom is -0.478 e. The zero-order valence-electron chi connectivity index (χ0n) is 10.2. The van der Waals surface area contributed by atoms with Crippen LogP contribution in [0.5, 0.6) is 0 Å². The van der Waals surface area contributed by atoms with Gasteiger partial charge in [0.25, 0.3) is 0 Å². The van der Waals surface area contributed by atoms with Gasteiger partial charge in [0.2, 0.25) is 0 Å². The van der Waals surface area contributed by atoms with Crippen molar-refractivity contribution in [2.75, 3.05) is 0 Å². The summed E-state index contributed by atoms with van der Waals surface area (Å²) in [6, 6.07) is 5.99. The van der Waals surface area contributed by atoms with Gasteiger partial charge in [-0.25, -0.2) is 4.79 Å². The van der Waals surface area contributed by atoms with Crippen LogP contribution < -0.4 is 5.73 Å². The second-order valence-electron chi connectivity index (χ2n) is 4.99.